The van der Waals surface area contributed by atoms with E-state index in [1.165, 1.54) is 0 Å². The van der Waals surface area contributed by atoms with Crippen LogP contribution in [0.5, 0.6) is 0 Å². The largest absolute Gasteiger partial charge is 0.378 e. The van der Waals surface area contributed by atoms with E-state index in [1.54, 1.807) is 6.33 Å². The van der Waals surface area contributed by atoms with Gasteiger partial charge in [-0.05, 0) is 24.1 Å². The molecule has 1 aromatic heterocycles. The van der Waals surface area contributed by atoms with Gasteiger partial charge in [0.25, 0.3) is 0 Å². The molecule has 0 saturated carbocycles. The van der Waals surface area contributed by atoms with E-state index in [0.717, 1.165) is 30.0 Å². The Morgan fingerprint density at radius 1 is 1.35 bits per heavy atom. The van der Waals surface area contributed by atoms with Crippen LogP contribution in [-0.2, 0) is 13.0 Å². The third-order valence-corrected chi connectivity index (χ3v) is 3.35. The summed E-state index contributed by atoms with van der Waals surface area (Å²) in [6.07, 6.45) is 3.35. The van der Waals surface area contributed by atoms with E-state index in [1.807, 2.05) is 24.8 Å². The molecule has 5 nitrogen and oxygen atoms in total. The van der Waals surface area contributed by atoms with E-state index in [2.05, 4.69) is 40.1 Å². The Labute approximate surface area is 120 Å². The minimum absolute atomic E-state index is 0.0605. The normalized spacial score (nSPS) is 12.4. The molecule has 2 rings (SSSR count). The summed E-state index contributed by atoms with van der Waals surface area (Å²) in [5.41, 5.74) is 8.61. The Hall–Kier alpha value is -1.88. The number of hydrogen-bond donors (Lipinski definition) is 1. The van der Waals surface area contributed by atoms with Crippen LogP contribution in [0, 0.1) is 0 Å². The molecule has 0 bridgehead atoms. The molecule has 1 unspecified atom stereocenters. The van der Waals surface area contributed by atoms with E-state index in [9.17, 15) is 0 Å². The predicted octanol–water partition coefficient (Wildman–Crippen LogP) is 2.00. The van der Waals surface area contributed by atoms with Crippen molar-refractivity contribution in [3.8, 4) is 0 Å². The zero-order valence-corrected chi connectivity index (χ0v) is 12.5. The van der Waals surface area contributed by atoms with Gasteiger partial charge in [-0.15, -0.1) is 0 Å². The van der Waals surface area contributed by atoms with Gasteiger partial charge in [-0.1, -0.05) is 19.1 Å². The molecule has 0 aliphatic heterocycles. The number of hydrogen-bond acceptors (Lipinski definition) is 4. The van der Waals surface area contributed by atoms with E-state index < -0.39 is 0 Å². The van der Waals surface area contributed by atoms with Gasteiger partial charge in [0.05, 0.1) is 0 Å². The second-order valence-corrected chi connectivity index (χ2v) is 5.20. The highest BCUT2D eigenvalue weighted by Crippen LogP contribution is 2.20. The molecule has 0 fully saturated rings. The van der Waals surface area contributed by atoms with E-state index in [0.29, 0.717) is 6.42 Å². The lowest BCUT2D eigenvalue weighted by Gasteiger charge is -2.17. The smallest absolute Gasteiger partial charge is 0.138 e. The highest BCUT2D eigenvalue weighted by Gasteiger charge is 2.12. The molecular weight excluding hydrogens is 250 g/mol. The number of aryl methyl sites for hydroxylation is 1. The van der Waals surface area contributed by atoms with E-state index in [4.69, 9.17) is 5.73 Å². The number of rotatable bonds is 6. The number of benzene rings is 1. The van der Waals surface area contributed by atoms with Crippen LogP contribution in [0.25, 0.3) is 0 Å². The van der Waals surface area contributed by atoms with Crippen molar-refractivity contribution in [2.24, 2.45) is 5.73 Å². The molecule has 20 heavy (non-hydrogen) atoms. The number of nitrogens with two attached hydrogens (primary N) is 1. The standard InChI is InChI=1S/C15H23N5/c1-4-8-20-15(17-11-18-20)10-14(16)12-6-5-7-13(9-12)19(2)3/h5-7,9,11,14H,4,8,10,16H2,1-3H3. The summed E-state index contributed by atoms with van der Waals surface area (Å²) >= 11 is 0. The number of aromatic nitrogens is 3. The molecule has 1 aromatic carbocycles. The van der Waals surface area contributed by atoms with Crippen molar-refractivity contribution in [3.05, 3.63) is 42.0 Å². The molecule has 0 aliphatic carbocycles. The molecule has 1 atom stereocenters. The molecular formula is C15H23N5. The summed E-state index contributed by atoms with van der Waals surface area (Å²) in [5, 5.41) is 4.24. The van der Waals surface area contributed by atoms with Crippen LogP contribution in [0.1, 0.15) is 30.8 Å². The van der Waals surface area contributed by atoms with E-state index >= 15 is 0 Å². The van der Waals surface area contributed by atoms with E-state index in [-0.39, 0.29) is 6.04 Å². The lowest BCUT2D eigenvalue weighted by Crippen LogP contribution is -2.18. The predicted molar refractivity (Wildman–Crippen MR) is 81.7 cm³/mol. The summed E-state index contributed by atoms with van der Waals surface area (Å²) < 4.78 is 1.94. The fourth-order valence-electron chi connectivity index (χ4n) is 2.19. The molecule has 0 aliphatic rings. The van der Waals surface area contributed by atoms with Crippen LogP contribution in [-0.4, -0.2) is 28.9 Å². The zero-order chi connectivity index (χ0) is 14.5. The second kappa shape index (κ2) is 6.52. The maximum atomic E-state index is 6.32. The molecule has 1 heterocycles. The van der Waals surface area contributed by atoms with Crippen LogP contribution in [0.15, 0.2) is 30.6 Å². The van der Waals surface area contributed by atoms with Gasteiger partial charge in [-0.2, -0.15) is 5.10 Å². The minimum Gasteiger partial charge on any atom is -0.378 e. The van der Waals surface area contributed by atoms with Crippen molar-refractivity contribution < 1.29 is 0 Å². The first-order valence-corrected chi connectivity index (χ1v) is 7.01. The fourth-order valence-corrected chi connectivity index (χ4v) is 2.19. The summed E-state index contributed by atoms with van der Waals surface area (Å²) in [5.74, 6) is 0.953. The van der Waals surface area contributed by atoms with Gasteiger partial charge in [0.1, 0.15) is 12.2 Å². The summed E-state index contributed by atoms with van der Waals surface area (Å²) in [4.78, 5) is 6.40. The molecule has 0 amide bonds. The average molecular weight is 273 g/mol. The topological polar surface area (TPSA) is 60.0 Å². The zero-order valence-electron chi connectivity index (χ0n) is 12.5. The Bertz CT molecular complexity index is 547. The van der Waals surface area contributed by atoms with Crippen LogP contribution >= 0.6 is 0 Å². The molecule has 2 N–H and O–H groups in total. The number of anilines is 1. The van der Waals surface area contributed by atoms with Gasteiger partial charge < -0.3 is 10.6 Å². The molecule has 0 radical (unpaired) electrons. The monoisotopic (exact) mass is 273 g/mol. The van der Waals surface area contributed by atoms with Crippen molar-refractivity contribution in [2.45, 2.75) is 32.4 Å². The van der Waals surface area contributed by atoms with Crippen molar-refractivity contribution in [2.75, 3.05) is 19.0 Å². The fraction of sp³-hybridized carbons (Fsp3) is 0.467. The first-order chi connectivity index (χ1) is 9.61. The Balaban J connectivity index is 2.13. The maximum absolute atomic E-state index is 6.32. The summed E-state index contributed by atoms with van der Waals surface area (Å²) in [6, 6.07) is 8.26. The SMILES string of the molecule is CCCn1ncnc1CC(N)c1cccc(N(C)C)c1. The maximum Gasteiger partial charge on any atom is 0.138 e. The van der Waals surface area contributed by atoms with Crippen molar-refractivity contribution in [3.63, 3.8) is 0 Å². The lowest BCUT2D eigenvalue weighted by molar-refractivity contribution is 0.548. The van der Waals surface area contributed by atoms with Gasteiger partial charge in [-0.25, -0.2) is 4.98 Å². The van der Waals surface area contributed by atoms with Crippen LogP contribution in [0.4, 0.5) is 5.69 Å². The molecule has 0 saturated heterocycles. The quantitative estimate of drug-likeness (QED) is 0.874. The van der Waals surface area contributed by atoms with Crippen LogP contribution in [0.2, 0.25) is 0 Å². The second-order valence-electron chi connectivity index (χ2n) is 5.20. The van der Waals surface area contributed by atoms with Gasteiger partial charge in [0, 0.05) is 38.8 Å². The first-order valence-electron chi connectivity index (χ1n) is 7.01. The van der Waals surface area contributed by atoms with Gasteiger partial charge in [0.2, 0.25) is 0 Å². The van der Waals surface area contributed by atoms with Crippen molar-refractivity contribution in [1.29, 1.82) is 0 Å². The first kappa shape index (κ1) is 14.5. The Morgan fingerprint density at radius 2 is 2.15 bits per heavy atom. The van der Waals surface area contributed by atoms with Gasteiger partial charge in [-0.3, -0.25) is 4.68 Å². The summed E-state index contributed by atoms with van der Waals surface area (Å²) in [7, 11) is 4.06. The highest BCUT2D eigenvalue weighted by molar-refractivity contribution is 5.47. The lowest BCUT2D eigenvalue weighted by atomic mass is 10.0. The van der Waals surface area contributed by atoms with Gasteiger partial charge >= 0.3 is 0 Å². The van der Waals surface area contributed by atoms with Gasteiger partial charge in [0.15, 0.2) is 0 Å². The Morgan fingerprint density at radius 3 is 2.85 bits per heavy atom. The third-order valence-electron chi connectivity index (χ3n) is 3.35. The molecule has 2 aromatic rings. The van der Waals surface area contributed by atoms with Crippen molar-refractivity contribution in [1.82, 2.24) is 14.8 Å². The molecule has 108 valence electrons. The molecule has 0 spiro atoms. The third kappa shape index (κ3) is 3.36. The molecule has 5 heteroatoms. The summed E-state index contributed by atoms with van der Waals surface area (Å²) in [6.45, 7) is 3.02. The highest BCUT2D eigenvalue weighted by atomic mass is 15.3. The van der Waals surface area contributed by atoms with Crippen molar-refractivity contribution >= 4 is 5.69 Å². The van der Waals surface area contributed by atoms with Crippen LogP contribution < -0.4 is 10.6 Å². The average Bonchev–Trinajstić information content (AvgIpc) is 2.86. The number of nitrogens with zero attached hydrogens (tertiary/aromatic N) is 4. The Kier molecular flexibility index (Phi) is 4.74. The van der Waals surface area contributed by atoms with Crippen LogP contribution in [0.3, 0.4) is 0 Å². The minimum atomic E-state index is -0.0605.